The molecule has 7 nitrogen and oxygen atoms in total. The van der Waals surface area contributed by atoms with Gasteiger partial charge in [0.25, 0.3) is 5.56 Å². The van der Waals surface area contributed by atoms with E-state index in [1.165, 1.54) is 0 Å². The molecule has 0 saturated heterocycles. The lowest BCUT2D eigenvalue weighted by Crippen LogP contribution is -2.24. The van der Waals surface area contributed by atoms with Crippen molar-refractivity contribution >= 4 is 27.9 Å². The molecule has 0 aliphatic heterocycles. The summed E-state index contributed by atoms with van der Waals surface area (Å²) in [6, 6.07) is 9.64. The first-order chi connectivity index (χ1) is 13.4. The molecule has 0 saturated carbocycles. The smallest absolute Gasteiger partial charge is 0.253 e. The highest BCUT2D eigenvalue weighted by Gasteiger charge is 2.16. The lowest BCUT2D eigenvalue weighted by molar-refractivity contribution is -0.121. The molecule has 0 radical (unpaired) electrons. The van der Waals surface area contributed by atoms with Gasteiger partial charge >= 0.3 is 0 Å². The minimum Gasteiger partial charge on any atom is -0.459 e. The van der Waals surface area contributed by atoms with Gasteiger partial charge in [0.15, 0.2) is 0 Å². The van der Waals surface area contributed by atoms with E-state index in [2.05, 4.69) is 15.4 Å². The van der Waals surface area contributed by atoms with E-state index in [1.807, 2.05) is 44.2 Å². The van der Waals surface area contributed by atoms with Crippen LogP contribution in [0.1, 0.15) is 29.0 Å². The van der Waals surface area contributed by atoms with Gasteiger partial charge in [-0.15, -0.1) is 0 Å². The van der Waals surface area contributed by atoms with Gasteiger partial charge in [-0.05, 0) is 38.0 Å². The molecule has 0 unspecified atom stereocenters. The molecule has 3 aromatic heterocycles. The summed E-state index contributed by atoms with van der Waals surface area (Å²) in [5.41, 5.74) is 3.71. The Labute approximate surface area is 161 Å². The van der Waals surface area contributed by atoms with Crippen molar-refractivity contribution in [3.8, 4) is 0 Å². The summed E-state index contributed by atoms with van der Waals surface area (Å²) < 4.78 is 7.37. The Hall–Kier alpha value is -3.35. The van der Waals surface area contributed by atoms with E-state index >= 15 is 0 Å². The molecule has 4 aromatic rings. The van der Waals surface area contributed by atoms with Gasteiger partial charge in [-0.25, -0.2) is 0 Å². The van der Waals surface area contributed by atoms with Gasteiger partial charge in [-0.3, -0.25) is 14.3 Å². The minimum absolute atomic E-state index is 0.123. The van der Waals surface area contributed by atoms with E-state index < -0.39 is 0 Å². The van der Waals surface area contributed by atoms with Crippen molar-refractivity contribution in [2.75, 3.05) is 0 Å². The molecule has 144 valence electrons. The molecular formula is C21H22N4O3. The van der Waals surface area contributed by atoms with Crippen molar-refractivity contribution in [3.05, 3.63) is 63.3 Å². The minimum atomic E-state index is -0.168. The van der Waals surface area contributed by atoms with Crippen LogP contribution < -0.4 is 10.9 Å². The average molecular weight is 378 g/mol. The standard InChI is InChI=1S/C21H22N4O3/c1-12-16(21(27)23-20-19(12)13(2)24-25(20)3)8-9-18(26)22-11-15-10-14-6-4-5-7-17(14)28-15/h4-7,10H,8-9,11H2,1-3H3,(H,22,26)(H,23,27). The Kier molecular flexibility index (Phi) is 4.50. The van der Waals surface area contributed by atoms with Gasteiger partial charge in [0.1, 0.15) is 17.0 Å². The predicted octanol–water partition coefficient (Wildman–Crippen LogP) is 2.87. The van der Waals surface area contributed by atoms with E-state index in [1.54, 1.807) is 11.7 Å². The van der Waals surface area contributed by atoms with Gasteiger partial charge in [0.05, 0.1) is 12.2 Å². The number of amides is 1. The average Bonchev–Trinajstić information content (AvgIpc) is 3.20. The highest BCUT2D eigenvalue weighted by Crippen LogP contribution is 2.21. The third-order valence-corrected chi connectivity index (χ3v) is 5.09. The Morgan fingerprint density at radius 1 is 1.29 bits per heavy atom. The molecule has 2 N–H and O–H groups in total. The van der Waals surface area contributed by atoms with Crippen LogP contribution in [0.15, 0.2) is 39.5 Å². The zero-order valence-electron chi connectivity index (χ0n) is 16.1. The number of carbonyl (C=O) groups is 1. The fourth-order valence-corrected chi connectivity index (χ4v) is 3.69. The molecule has 3 heterocycles. The molecule has 1 amide bonds. The lowest BCUT2D eigenvalue weighted by Gasteiger charge is -2.07. The Bertz CT molecular complexity index is 1210. The monoisotopic (exact) mass is 378 g/mol. The van der Waals surface area contributed by atoms with E-state index in [0.29, 0.717) is 29.9 Å². The summed E-state index contributed by atoms with van der Waals surface area (Å²) in [7, 11) is 1.80. The number of nitrogens with one attached hydrogen (secondary N) is 2. The molecule has 28 heavy (non-hydrogen) atoms. The van der Waals surface area contributed by atoms with Crippen LogP contribution in [-0.2, 0) is 24.8 Å². The molecular weight excluding hydrogens is 356 g/mol. The summed E-state index contributed by atoms with van der Waals surface area (Å²) >= 11 is 0. The first-order valence-electron chi connectivity index (χ1n) is 9.23. The van der Waals surface area contributed by atoms with Crippen LogP contribution >= 0.6 is 0 Å². The topological polar surface area (TPSA) is 92.9 Å². The molecule has 4 rings (SSSR count). The first kappa shape index (κ1) is 18.0. The third kappa shape index (κ3) is 3.19. The first-order valence-corrected chi connectivity index (χ1v) is 9.23. The van der Waals surface area contributed by atoms with Crippen molar-refractivity contribution in [2.24, 2.45) is 7.05 Å². The van der Waals surface area contributed by atoms with E-state index in [-0.39, 0.29) is 17.9 Å². The van der Waals surface area contributed by atoms with Crippen molar-refractivity contribution in [1.82, 2.24) is 20.1 Å². The van der Waals surface area contributed by atoms with Gasteiger partial charge in [0.2, 0.25) is 5.91 Å². The highest BCUT2D eigenvalue weighted by atomic mass is 16.3. The molecule has 0 spiro atoms. The van der Waals surface area contributed by atoms with Gasteiger partial charge in [-0.2, -0.15) is 5.10 Å². The van der Waals surface area contributed by atoms with Gasteiger partial charge in [0, 0.05) is 29.8 Å². The highest BCUT2D eigenvalue weighted by molar-refractivity contribution is 5.83. The summed E-state index contributed by atoms with van der Waals surface area (Å²) in [5, 5.41) is 9.18. The van der Waals surface area contributed by atoms with E-state index in [4.69, 9.17) is 4.42 Å². The van der Waals surface area contributed by atoms with Crippen molar-refractivity contribution in [1.29, 1.82) is 0 Å². The second-order valence-electron chi connectivity index (χ2n) is 7.02. The Morgan fingerprint density at radius 3 is 2.86 bits per heavy atom. The number of carbonyl (C=O) groups excluding carboxylic acids is 1. The molecule has 0 bridgehead atoms. The number of hydrogen-bond acceptors (Lipinski definition) is 4. The van der Waals surface area contributed by atoms with Crippen LogP contribution in [0.4, 0.5) is 0 Å². The maximum absolute atomic E-state index is 12.5. The normalized spacial score (nSPS) is 11.4. The van der Waals surface area contributed by atoms with Crippen molar-refractivity contribution < 1.29 is 9.21 Å². The van der Waals surface area contributed by atoms with Crippen LogP contribution in [0.25, 0.3) is 22.0 Å². The van der Waals surface area contributed by atoms with E-state index in [9.17, 15) is 9.59 Å². The molecule has 7 heteroatoms. The third-order valence-electron chi connectivity index (χ3n) is 5.09. The van der Waals surface area contributed by atoms with Gasteiger partial charge in [-0.1, -0.05) is 18.2 Å². The lowest BCUT2D eigenvalue weighted by atomic mass is 10.0. The fraction of sp³-hybridized carbons (Fsp3) is 0.286. The zero-order chi connectivity index (χ0) is 19.8. The molecule has 0 atom stereocenters. The summed E-state index contributed by atoms with van der Waals surface area (Å²) in [5.74, 6) is 0.582. The summed E-state index contributed by atoms with van der Waals surface area (Å²) in [6.07, 6.45) is 0.604. The zero-order valence-corrected chi connectivity index (χ0v) is 16.1. The number of furan rings is 1. The van der Waals surface area contributed by atoms with E-state index in [0.717, 1.165) is 27.6 Å². The van der Waals surface area contributed by atoms with Crippen LogP contribution in [0, 0.1) is 13.8 Å². The number of benzene rings is 1. The number of para-hydroxylation sites is 1. The van der Waals surface area contributed by atoms with Crippen LogP contribution in [0.2, 0.25) is 0 Å². The number of nitrogens with zero attached hydrogens (tertiary/aromatic N) is 2. The maximum Gasteiger partial charge on any atom is 0.253 e. The van der Waals surface area contributed by atoms with Crippen LogP contribution in [-0.4, -0.2) is 20.7 Å². The Morgan fingerprint density at radius 2 is 2.07 bits per heavy atom. The SMILES string of the molecule is Cc1nn(C)c2[nH]c(=O)c(CCC(=O)NCc3cc4ccccc4o3)c(C)c12. The van der Waals surface area contributed by atoms with Crippen LogP contribution in [0.3, 0.4) is 0 Å². The quantitative estimate of drug-likeness (QED) is 0.558. The molecule has 0 aliphatic carbocycles. The summed E-state index contributed by atoms with van der Waals surface area (Å²) in [4.78, 5) is 27.6. The maximum atomic E-state index is 12.5. The molecule has 0 aliphatic rings. The second-order valence-corrected chi connectivity index (χ2v) is 7.02. The number of H-pyrrole nitrogens is 1. The number of hydrogen-bond donors (Lipinski definition) is 2. The second kappa shape index (κ2) is 6.99. The number of aromatic nitrogens is 3. The number of aromatic amines is 1. The number of rotatable bonds is 5. The largest absolute Gasteiger partial charge is 0.459 e. The van der Waals surface area contributed by atoms with Crippen molar-refractivity contribution in [2.45, 2.75) is 33.2 Å². The summed E-state index contributed by atoms with van der Waals surface area (Å²) in [6.45, 7) is 4.15. The number of pyridine rings is 1. The van der Waals surface area contributed by atoms with Crippen LogP contribution in [0.5, 0.6) is 0 Å². The Balaban J connectivity index is 1.44. The van der Waals surface area contributed by atoms with Crippen molar-refractivity contribution in [3.63, 3.8) is 0 Å². The number of aryl methyl sites for hydroxylation is 3. The molecule has 0 fully saturated rings. The van der Waals surface area contributed by atoms with Gasteiger partial charge < -0.3 is 14.7 Å². The number of fused-ring (bicyclic) bond motifs is 2. The molecule has 1 aromatic carbocycles. The fourth-order valence-electron chi connectivity index (χ4n) is 3.69. The predicted molar refractivity (Wildman–Crippen MR) is 107 cm³/mol.